The zero-order chi connectivity index (χ0) is 27.4. The summed E-state index contributed by atoms with van der Waals surface area (Å²) in [5, 5.41) is 3.35. The van der Waals surface area contributed by atoms with Crippen LogP contribution >= 0.6 is 11.3 Å². The van der Waals surface area contributed by atoms with Crippen molar-refractivity contribution in [2.45, 2.75) is 77.7 Å². The van der Waals surface area contributed by atoms with Gasteiger partial charge in [0.25, 0.3) is 0 Å². The molecule has 0 aliphatic carbocycles. The molecule has 4 rings (SSSR count). The molecule has 0 bridgehead atoms. The molecule has 0 aliphatic heterocycles. The lowest BCUT2D eigenvalue weighted by Gasteiger charge is -2.42. The predicted molar refractivity (Wildman–Crippen MR) is 161 cm³/mol. The van der Waals surface area contributed by atoms with Gasteiger partial charge in [-0.1, -0.05) is 53.7 Å². The molecule has 0 fully saturated rings. The Labute approximate surface area is 231 Å². The summed E-state index contributed by atoms with van der Waals surface area (Å²) in [6, 6.07) is 10.5. The number of ether oxygens (including phenoxy) is 1. The maximum atomic E-state index is 6.83. The Bertz CT molecular complexity index is 1340. The van der Waals surface area contributed by atoms with Gasteiger partial charge in [-0.05, 0) is 52.0 Å². The molecule has 0 radical (unpaired) electrons. The molecule has 0 atom stereocenters. The SMILES string of the molecule is COCn1c(CCCO[Si](C(C)C)(C(C)C)C(C)C)nc(-c2ccc3ccsc3c2)c1-c1ccnc(N)n1. The first-order chi connectivity index (χ1) is 18.2. The summed E-state index contributed by atoms with van der Waals surface area (Å²) in [6.07, 6.45) is 3.35. The Hall–Kier alpha value is -2.59. The number of benzene rings is 1. The summed E-state index contributed by atoms with van der Waals surface area (Å²) < 4.78 is 15.8. The minimum Gasteiger partial charge on any atom is -0.416 e. The Kier molecular flexibility index (Phi) is 9.02. The van der Waals surface area contributed by atoms with Crippen molar-refractivity contribution < 1.29 is 9.16 Å². The number of nitrogens with two attached hydrogens (primary N) is 1. The van der Waals surface area contributed by atoms with E-state index in [1.54, 1.807) is 24.6 Å². The lowest BCUT2D eigenvalue weighted by atomic mass is 10.1. The maximum absolute atomic E-state index is 6.83. The van der Waals surface area contributed by atoms with Crippen molar-refractivity contribution >= 4 is 35.7 Å². The fraction of sp³-hybridized carbons (Fsp3) is 0.483. The number of nitrogen functional groups attached to an aromatic ring is 1. The van der Waals surface area contributed by atoms with E-state index in [0.29, 0.717) is 23.4 Å². The van der Waals surface area contributed by atoms with Crippen molar-refractivity contribution in [3.05, 3.63) is 47.7 Å². The van der Waals surface area contributed by atoms with E-state index in [-0.39, 0.29) is 5.95 Å². The molecule has 0 saturated heterocycles. The Balaban J connectivity index is 1.70. The van der Waals surface area contributed by atoms with E-state index in [0.717, 1.165) is 47.9 Å². The zero-order valence-corrected chi connectivity index (χ0v) is 25.5. The molecule has 3 heterocycles. The van der Waals surface area contributed by atoms with Crippen LogP contribution < -0.4 is 5.73 Å². The van der Waals surface area contributed by atoms with E-state index in [2.05, 4.69) is 85.7 Å². The van der Waals surface area contributed by atoms with Crippen LogP contribution in [0.5, 0.6) is 0 Å². The topological polar surface area (TPSA) is 88.1 Å². The van der Waals surface area contributed by atoms with Crippen molar-refractivity contribution in [1.29, 1.82) is 0 Å². The third-order valence-corrected chi connectivity index (χ3v) is 14.6. The zero-order valence-electron chi connectivity index (χ0n) is 23.7. The van der Waals surface area contributed by atoms with Crippen LogP contribution in [0.15, 0.2) is 41.9 Å². The number of fused-ring (bicyclic) bond motifs is 1. The number of aromatic nitrogens is 4. The molecule has 0 spiro atoms. The number of hydrogen-bond donors (Lipinski definition) is 1. The number of methoxy groups -OCH3 is 1. The molecule has 9 heteroatoms. The first-order valence-electron chi connectivity index (χ1n) is 13.5. The third-order valence-electron chi connectivity index (χ3n) is 7.56. The van der Waals surface area contributed by atoms with Crippen LogP contribution in [0.25, 0.3) is 32.7 Å². The van der Waals surface area contributed by atoms with Gasteiger partial charge in [-0.2, -0.15) is 0 Å². The molecule has 0 unspecified atom stereocenters. The van der Waals surface area contributed by atoms with E-state index in [1.807, 2.05) is 6.07 Å². The van der Waals surface area contributed by atoms with Crippen LogP contribution in [-0.2, 0) is 22.3 Å². The number of hydrogen-bond acceptors (Lipinski definition) is 7. The monoisotopic (exact) mass is 551 g/mol. The van der Waals surface area contributed by atoms with Gasteiger partial charge in [0.1, 0.15) is 12.6 Å². The molecule has 1 aromatic carbocycles. The number of nitrogens with zero attached hydrogens (tertiary/aromatic N) is 4. The third kappa shape index (κ3) is 5.56. The van der Waals surface area contributed by atoms with Crippen molar-refractivity contribution in [3.8, 4) is 22.6 Å². The Morgan fingerprint density at radius 1 is 1.00 bits per heavy atom. The summed E-state index contributed by atoms with van der Waals surface area (Å²) in [6.45, 7) is 15.1. The lowest BCUT2D eigenvalue weighted by Crippen LogP contribution is -2.48. The van der Waals surface area contributed by atoms with E-state index >= 15 is 0 Å². The number of aryl methyl sites for hydroxylation is 1. The number of imidazole rings is 1. The van der Waals surface area contributed by atoms with Crippen LogP contribution in [0, 0.1) is 0 Å². The van der Waals surface area contributed by atoms with Crippen LogP contribution in [0.1, 0.15) is 53.8 Å². The van der Waals surface area contributed by atoms with Crippen LogP contribution in [0.2, 0.25) is 16.6 Å². The van der Waals surface area contributed by atoms with Gasteiger partial charge in [-0.15, -0.1) is 11.3 Å². The molecule has 2 N–H and O–H groups in total. The fourth-order valence-electron chi connectivity index (χ4n) is 6.01. The van der Waals surface area contributed by atoms with Gasteiger partial charge in [-0.3, -0.25) is 0 Å². The Morgan fingerprint density at radius 3 is 2.39 bits per heavy atom. The summed E-state index contributed by atoms with van der Waals surface area (Å²) >= 11 is 1.73. The van der Waals surface area contributed by atoms with Crippen molar-refractivity contribution in [2.75, 3.05) is 19.5 Å². The van der Waals surface area contributed by atoms with Crippen molar-refractivity contribution in [1.82, 2.24) is 19.5 Å². The maximum Gasteiger partial charge on any atom is 0.220 e. The van der Waals surface area contributed by atoms with E-state index in [1.165, 1.54) is 10.1 Å². The highest BCUT2D eigenvalue weighted by atomic mass is 32.1. The molecular weight excluding hydrogens is 511 g/mol. The van der Waals surface area contributed by atoms with Gasteiger partial charge < -0.3 is 19.5 Å². The van der Waals surface area contributed by atoms with Crippen molar-refractivity contribution in [3.63, 3.8) is 0 Å². The summed E-state index contributed by atoms with van der Waals surface area (Å²) in [5.41, 5.74) is 11.2. The molecule has 204 valence electrons. The quantitative estimate of drug-likeness (QED) is 0.145. The van der Waals surface area contributed by atoms with Gasteiger partial charge in [0, 0.05) is 36.6 Å². The molecule has 7 nitrogen and oxygen atoms in total. The summed E-state index contributed by atoms with van der Waals surface area (Å²) in [4.78, 5) is 13.8. The molecule has 0 aliphatic rings. The minimum atomic E-state index is -1.91. The minimum absolute atomic E-state index is 0.236. The molecule has 0 saturated carbocycles. The first-order valence-corrected chi connectivity index (χ1v) is 16.5. The summed E-state index contributed by atoms with van der Waals surface area (Å²) in [5.74, 6) is 1.19. The van der Waals surface area contributed by atoms with Gasteiger partial charge in [-0.25, -0.2) is 15.0 Å². The molecule has 3 aromatic heterocycles. The largest absolute Gasteiger partial charge is 0.416 e. The van der Waals surface area contributed by atoms with Gasteiger partial charge in [0.05, 0.1) is 17.1 Å². The highest BCUT2D eigenvalue weighted by Gasteiger charge is 2.44. The molecule has 0 amide bonds. The Morgan fingerprint density at radius 2 is 1.74 bits per heavy atom. The normalized spacial score (nSPS) is 12.5. The van der Waals surface area contributed by atoms with Gasteiger partial charge in [0.15, 0.2) is 8.32 Å². The highest BCUT2D eigenvalue weighted by molar-refractivity contribution is 7.17. The van der Waals surface area contributed by atoms with Crippen molar-refractivity contribution in [2.24, 2.45) is 0 Å². The van der Waals surface area contributed by atoms with E-state index in [4.69, 9.17) is 19.9 Å². The molecule has 4 aromatic rings. The standard InChI is InChI=1S/C29H41N5O2SSi/c1-19(2)38(20(3)4,21(5)6)36-15-8-9-26-33-27(23-11-10-22-13-16-37-25(22)17-23)28(34(26)18-35-7)24-12-14-31-29(30)32-24/h10-14,16-17,19-21H,8-9,15,18H2,1-7H3,(H2,30,31,32). The number of thiophene rings is 1. The average molecular weight is 552 g/mol. The lowest BCUT2D eigenvalue weighted by molar-refractivity contribution is 0.129. The van der Waals surface area contributed by atoms with E-state index in [9.17, 15) is 0 Å². The average Bonchev–Trinajstić information content (AvgIpc) is 3.48. The van der Waals surface area contributed by atoms with E-state index < -0.39 is 8.32 Å². The number of rotatable bonds is 12. The first kappa shape index (κ1) is 28.4. The van der Waals surface area contributed by atoms with Crippen LogP contribution in [-0.4, -0.2) is 41.6 Å². The van der Waals surface area contributed by atoms with Crippen LogP contribution in [0.3, 0.4) is 0 Å². The number of anilines is 1. The van der Waals surface area contributed by atoms with Gasteiger partial charge >= 0.3 is 0 Å². The second-order valence-corrected chi connectivity index (χ2v) is 17.2. The van der Waals surface area contributed by atoms with Crippen LogP contribution in [0.4, 0.5) is 5.95 Å². The van der Waals surface area contributed by atoms with Gasteiger partial charge in [0.2, 0.25) is 5.95 Å². The fourth-order valence-corrected chi connectivity index (χ4v) is 12.3. The smallest absolute Gasteiger partial charge is 0.220 e. The highest BCUT2D eigenvalue weighted by Crippen LogP contribution is 2.42. The second-order valence-electron chi connectivity index (χ2n) is 10.8. The molecular formula is C29H41N5O2SSi. The second kappa shape index (κ2) is 12.1. The summed E-state index contributed by atoms with van der Waals surface area (Å²) in [7, 11) is -0.208. The molecule has 38 heavy (non-hydrogen) atoms. The predicted octanol–water partition coefficient (Wildman–Crippen LogP) is 7.53.